The van der Waals surface area contributed by atoms with E-state index in [4.69, 9.17) is 4.74 Å². The summed E-state index contributed by atoms with van der Waals surface area (Å²) in [6.07, 6.45) is 0. The number of aryl methyl sites for hydroxylation is 1. The van der Waals surface area contributed by atoms with Crippen molar-refractivity contribution >= 4 is 15.9 Å². The zero-order valence-electron chi connectivity index (χ0n) is 12.8. The lowest BCUT2D eigenvalue weighted by atomic mass is 10.1. The van der Waals surface area contributed by atoms with Crippen LogP contribution in [0.3, 0.4) is 0 Å². The maximum absolute atomic E-state index is 6.11. The van der Waals surface area contributed by atoms with Gasteiger partial charge in [-0.3, -0.25) is 0 Å². The predicted molar refractivity (Wildman–Crippen MR) is 91.9 cm³/mol. The molecular weight excluding hydrogens is 326 g/mol. The molecule has 0 atom stereocenters. The molecule has 0 aliphatic carbocycles. The van der Waals surface area contributed by atoms with Crippen molar-refractivity contribution in [3.05, 3.63) is 58.1 Å². The number of nitrogens with one attached hydrogen (secondary N) is 1. The molecule has 0 unspecified atom stereocenters. The molecule has 0 spiro atoms. The Balaban J connectivity index is 2.17. The Bertz CT molecular complexity index is 596. The summed E-state index contributed by atoms with van der Waals surface area (Å²) in [7, 11) is 0. The van der Waals surface area contributed by atoms with Crippen LogP contribution < -0.4 is 10.1 Å². The second kappa shape index (κ2) is 7.62. The predicted octanol–water partition coefficient (Wildman–Crippen LogP) is 5.30. The van der Waals surface area contributed by atoms with Crippen LogP contribution in [0.5, 0.6) is 11.5 Å². The van der Waals surface area contributed by atoms with Crippen molar-refractivity contribution in [3.8, 4) is 11.5 Å². The SMILES string of the molecule is Cc1ccccc1Oc1cc(Br)ccc1CNCC(C)C. The molecule has 2 aromatic rings. The van der Waals surface area contributed by atoms with Crippen LogP contribution in [-0.4, -0.2) is 6.54 Å². The summed E-state index contributed by atoms with van der Waals surface area (Å²) in [5, 5.41) is 3.47. The third-order valence-electron chi connectivity index (χ3n) is 3.21. The van der Waals surface area contributed by atoms with E-state index in [9.17, 15) is 0 Å². The quantitative estimate of drug-likeness (QED) is 0.765. The fraction of sp³-hybridized carbons (Fsp3) is 0.333. The smallest absolute Gasteiger partial charge is 0.133 e. The van der Waals surface area contributed by atoms with Crippen molar-refractivity contribution in [1.82, 2.24) is 5.32 Å². The van der Waals surface area contributed by atoms with Crippen LogP contribution in [0.4, 0.5) is 0 Å². The Morgan fingerprint density at radius 1 is 1.10 bits per heavy atom. The fourth-order valence-corrected chi connectivity index (χ4v) is 2.39. The Kier molecular flexibility index (Phi) is 5.83. The molecule has 0 aromatic heterocycles. The summed E-state index contributed by atoms with van der Waals surface area (Å²) in [6, 6.07) is 14.3. The van der Waals surface area contributed by atoms with Crippen LogP contribution >= 0.6 is 15.9 Å². The first-order valence-corrected chi connectivity index (χ1v) is 8.08. The first kappa shape index (κ1) is 16.1. The highest BCUT2D eigenvalue weighted by atomic mass is 79.9. The van der Waals surface area contributed by atoms with Crippen LogP contribution in [-0.2, 0) is 6.54 Å². The molecule has 2 rings (SSSR count). The molecule has 0 aliphatic rings. The molecule has 0 saturated carbocycles. The van der Waals surface area contributed by atoms with E-state index in [0.717, 1.165) is 34.6 Å². The monoisotopic (exact) mass is 347 g/mol. The van der Waals surface area contributed by atoms with Crippen molar-refractivity contribution < 1.29 is 4.74 Å². The van der Waals surface area contributed by atoms with E-state index < -0.39 is 0 Å². The van der Waals surface area contributed by atoms with E-state index in [1.165, 1.54) is 5.56 Å². The van der Waals surface area contributed by atoms with Gasteiger partial charge in [0.2, 0.25) is 0 Å². The summed E-state index contributed by atoms with van der Waals surface area (Å²) < 4.78 is 7.14. The van der Waals surface area contributed by atoms with E-state index in [1.807, 2.05) is 24.3 Å². The number of benzene rings is 2. The molecule has 3 heteroatoms. The van der Waals surface area contributed by atoms with Crippen molar-refractivity contribution in [1.29, 1.82) is 0 Å². The summed E-state index contributed by atoms with van der Waals surface area (Å²) >= 11 is 3.52. The maximum Gasteiger partial charge on any atom is 0.133 e. The molecule has 0 saturated heterocycles. The number of hydrogen-bond donors (Lipinski definition) is 1. The van der Waals surface area contributed by atoms with Gasteiger partial charge >= 0.3 is 0 Å². The number of para-hydroxylation sites is 1. The second-order valence-corrected chi connectivity index (χ2v) is 6.56. The largest absolute Gasteiger partial charge is 0.457 e. The minimum Gasteiger partial charge on any atom is -0.457 e. The van der Waals surface area contributed by atoms with E-state index in [1.54, 1.807) is 0 Å². The molecule has 0 bridgehead atoms. The molecule has 0 fully saturated rings. The van der Waals surface area contributed by atoms with Crippen LogP contribution in [0.1, 0.15) is 25.0 Å². The summed E-state index contributed by atoms with van der Waals surface area (Å²) in [5.41, 5.74) is 2.31. The molecule has 0 amide bonds. The molecule has 1 N–H and O–H groups in total. The van der Waals surface area contributed by atoms with Gasteiger partial charge in [0.1, 0.15) is 11.5 Å². The lowest BCUT2D eigenvalue weighted by Crippen LogP contribution is -2.19. The normalized spacial score (nSPS) is 10.9. The molecular formula is C18H22BrNO. The average molecular weight is 348 g/mol. The third kappa shape index (κ3) is 4.87. The van der Waals surface area contributed by atoms with Gasteiger partial charge in [-0.05, 0) is 43.1 Å². The summed E-state index contributed by atoms with van der Waals surface area (Å²) in [6.45, 7) is 8.29. The maximum atomic E-state index is 6.11. The van der Waals surface area contributed by atoms with E-state index in [-0.39, 0.29) is 0 Å². The molecule has 2 aromatic carbocycles. The second-order valence-electron chi connectivity index (χ2n) is 5.64. The Hall–Kier alpha value is -1.32. The molecule has 112 valence electrons. The van der Waals surface area contributed by atoms with Gasteiger partial charge in [0, 0.05) is 16.6 Å². The number of halogens is 1. The Morgan fingerprint density at radius 2 is 1.86 bits per heavy atom. The highest BCUT2D eigenvalue weighted by Crippen LogP contribution is 2.30. The minimum atomic E-state index is 0.640. The highest BCUT2D eigenvalue weighted by Gasteiger charge is 2.08. The number of ether oxygens (including phenoxy) is 1. The van der Waals surface area contributed by atoms with Crippen LogP contribution in [0.15, 0.2) is 46.9 Å². The lowest BCUT2D eigenvalue weighted by Gasteiger charge is -2.14. The van der Waals surface area contributed by atoms with Gasteiger partial charge in [-0.2, -0.15) is 0 Å². The van der Waals surface area contributed by atoms with Crippen LogP contribution in [0, 0.1) is 12.8 Å². The van der Waals surface area contributed by atoms with Gasteiger partial charge in [-0.15, -0.1) is 0 Å². The topological polar surface area (TPSA) is 21.3 Å². The van der Waals surface area contributed by atoms with Gasteiger partial charge in [-0.25, -0.2) is 0 Å². The zero-order valence-corrected chi connectivity index (χ0v) is 14.4. The average Bonchev–Trinajstić information content (AvgIpc) is 2.43. The van der Waals surface area contributed by atoms with Crippen molar-refractivity contribution in [3.63, 3.8) is 0 Å². The van der Waals surface area contributed by atoms with Crippen LogP contribution in [0.25, 0.3) is 0 Å². The van der Waals surface area contributed by atoms with Crippen molar-refractivity contribution in [2.24, 2.45) is 5.92 Å². The summed E-state index contributed by atoms with van der Waals surface area (Å²) in [4.78, 5) is 0. The number of hydrogen-bond acceptors (Lipinski definition) is 2. The molecule has 21 heavy (non-hydrogen) atoms. The molecule has 0 aliphatic heterocycles. The zero-order chi connectivity index (χ0) is 15.2. The first-order valence-electron chi connectivity index (χ1n) is 7.29. The summed E-state index contributed by atoms with van der Waals surface area (Å²) in [5.74, 6) is 2.44. The lowest BCUT2D eigenvalue weighted by molar-refractivity contribution is 0.465. The fourth-order valence-electron chi connectivity index (χ4n) is 2.05. The number of rotatable bonds is 6. The Labute approximate surface area is 135 Å². The third-order valence-corrected chi connectivity index (χ3v) is 3.70. The van der Waals surface area contributed by atoms with E-state index in [0.29, 0.717) is 5.92 Å². The molecule has 0 heterocycles. The van der Waals surface area contributed by atoms with Gasteiger partial charge in [0.05, 0.1) is 0 Å². The molecule has 2 nitrogen and oxygen atoms in total. The van der Waals surface area contributed by atoms with E-state index >= 15 is 0 Å². The van der Waals surface area contributed by atoms with Gasteiger partial charge in [0.15, 0.2) is 0 Å². The highest BCUT2D eigenvalue weighted by molar-refractivity contribution is 9.10. The van der Waals surface area contributed by atoms with E-state index in [2.05, 4.69) is 60.2 Å². The van der Waals surface area contributed by atoms with Crippen molar-refractivity contribution in [2.45, 2.75) is 27.3 Å². The van der Waals surface area contributed by atoms with Gasteiger partial charge in [0.25, 0.3) is 0 Å². The van der Waals surface area contributed by atoms with Crippen molar-refractivity contribution in [2.75, 3.05) is 6.54 Å². The first-order chi connectivity index (χ1) is 10.1. The minimum absolute atomic E-state index is 0.640. The van der Waals surface area contributed by atoms with Crippen LogP contribution in [0.2, 0.25) is 0 Å². The Morgan fingerprint density at radius 3 is 2.57 bits per heavy atom. The standard InChI is InChI=1S/C18H22BrNO/c1-13(2)11-20-12-15-8-9-16(19)10-18(15)21-17-7-5-4-6-14(17)3/h4-10,13,20H,11-12H2,1-3H3. The van der Waals surface area contributed by atoms with Gasteiger partial charge in [-0.1, -0.05) is 54.0 Å². The molecule has 0 radical (unpaired) electrons. The van der Waals surface area contributed by atoms with Gasteiger partial charge < -0.3 is 10.1 Å².